The highest BCUT2D eigenvalue weighted by Crippen LogP contribution is 2.13. The lowest BCUT2D eigenvalue weighted by Crippen LogP contribution is -2.30. The van der Waals surface area contributed by atoms with Crippen LogP contribution in [0.1, 0.15) is 201 Å². The minimum absolute atomic E-state index is 0.0950. The van der Waals surface area contributed by atoms with Gasteiger partial charge in [-0.05, 0) is 64.2 Å². The normalized spacial score (nSPS) is 12.7. The van der Waals surface area contributed by atoms with Gasteiger partial charge in [-0.3, -0.25) is 14.4 Å². The molecule has 0 saturated heterocycles. The van der Waals surface area contributed by atoms with Gasteiger partial charge in [-0.15, -0.1) is 0 Å². The Morgan fingerprint density at radius 1 is 0.382 bits per heavy atom. The van der Waals surface area contributed by atoms with Gasteiger partial charge in [0.1, 0.15) is 13.2 Å². The molecule has 0 aliphatic rings. The quantitative estimate of drug-likeness (QED) is 0.0204. The summed E-state index contributed by atoms with van der Waals surface area (Å²) in [5.41, 5.74) is 0. The van der Waals surface area contributed by atoms with Crippen LogP contribution in [-0.2, 0) is 28.6 Å². The van der Waals surface area contributed by atoms with Crippen LogP contribution >= 0.6 is 0 Å². The van der Waals surface area contributed by atoms with E-state index in [9.17, 15) is 14.4 Å². The van der Waals surface area contributed by atoms with Crippen molar-refractivity contribution in [1.82, 2.24) is 0 Å². The van der Waals surface area contributed by atoms with Crippen molar-refractivity contribution in [2.75, 3.05) is 13.2 Å². The summed E-state index contributed by atoms with van der Waals surface area (Å²) in [5.74, 6) is -0.963. The summed E-state index contributed by atoms with van der Waals surface area (Å²) in [5, 5.41) is 0. The van der Waals surface area contributed by atoms with Gasteiger partial charge in [0.25, 0.3) is 0 Å². The molecular formula is C49H82O6. The number of carbonyl (C=O) groups is 3. The average Bonchev–Trinajstić information content (AvgIpc) is 3.18. The fraction of sp³-hybridized carbons (Fsp3) is 0.694. The zero-order chi connectivity index (χ0) is 40.1. The first-order valence-corrected chi connectivity index (χ1v) is 22.5. The smallest absolute Gasteiger partial charge is 0.306 e. The Bertz CT molecular complexity index is 1070. The van der Waals surface area contributed by atoms with E-state index in [0.29, 0.717) is 19.3 Å². The number of hydrogen-bond donors (Lipinski definition) is 0. The van der Waals surface area contributed by atoms with E-state index in [4.69, 9.17) is 14.2 Å². The lowest BCUT2D eigenvalue weighted by Gasteiger charge is -2.18. The highest BCUT2D eigenvalue weighted by Gasteiger charge is 2.19. The maximum Gasteiger partial charge on any atom is 0.306 e. The molecule has 0 N–H and O–H groups in total. The molecule has 55 heavy (non-hydrogen) atoms. The summed E-state index contributed by atoms with van der Waals surface area (Å²) in [6.45, 7) is 6.39. The SMILES string of the molecule is CC\C=C/C=C\C=C/C=C\C=C/CCCCCC(=O)OCC(COC(=O)CCCCCCCCCCC)OC(=O)CCCCC/C=C\CCCCCCCC. The molecule has 0 aromatic heterocycles. The van der Waals surface area contributed by atoms with Crippen LogP contribution in [0.3, 0.4) is 0 Å². The van der Waals surface area contributed by atoms with Crippen LogP contribution in [0.25, 0.3) is 0 Å². The highest BCUT2D eigenvalue weighted by molar-refractivity contribution is 5.71. The van der Waals surface area contributed by atoms with Gasteiger partial charge in [-0.2, -0.15) is 0 Å². The summed E-state index contributed by atoms with van der Waals surface area (Å²) < 4.78 is 16.6. The highest BCUT2D eigenvalue weighted by atomic mass is 16.6. The third kappa shape index (κ3) is 41.8. The lowest BCUT2D eigenvalue weighted by molar-refractivity contribution is -0.167. The molecule has 0 rings (SSSR count). The van der Waals surface area contributed by atoms with Crippen LogP contribution in [-0.4, -0.2) is 37.2 Å². The molecule has 0 heterocycles. The Kier molecular flexibility index (Phi) is 41.1. The first-order valence-electron chi connectivity index (χ1n) is 22.5. The summed E-state index contributed by atoms with van der Waals surface area (Å²) >= 11 is 0. The van der Waals surface area contributed by atoms with Crippen LogP contribution in [0.4, 0.5) is 0 Å². The summed E-state index contributed by atoms with van der Waals surface area (Å²) in [7, 11) is 0. The molecule has 314 valence electrons. The molecule has 0 aromatic rings. The Morgan fingerprint density at radius 3 is 1.18 bits per heavy atom. The van der Waals surface area contributed by atoms with Gasteiger partial charge in [0.05, 0.1) is 0 Å². The molecule has 0 aromatic carbocycles. The number of allylic oxidation sites excluding steroid dienone is 12. The predicted molar refractivity (Wildman–Crippen MR) is 233 cm³/mol. The molecule has 0 spiro atoms. The summed E-state index contributed by atoms with van der Waals surface area (Å²) in [6.07, 6.45) is 53.1. The second-order valence-corrected chi connectivity index (χ2v) is 14.7. The van der Waals surface area contributed by atoms with Gasteiger partial charge >= 0.3 is 17.9 Å². The topological polar surface area (TPSA) is 78.9 Å². The molecular weight excluding hydrogens is 685 g/mol. The third-order valence-electron chi connectivity index (χ3n) is 9.32. The van der Waals surface area contributed by atoms with E-state index in [2.05, 4.69) is 45.1 Å². The Labute approximate surface area is 338 Å². The Hall–Kier alpha value is -3.15. The van der Waals surface area contributed by atoms with Gasteiger partial charge in [-0.1, -0.05) is 190 Å². The lowest BCUT2D eigenvalue weighted by atomic mass is 10.1. The predicted octanol–water partition coefficient (Wildman–Crippen LogP) is 14.3. The van der Waals surface area contributed by atoms with E-state index in [1.165, 1.54) is 77.0 Å². The van der Waals surface area contributed by atoms with Crippen molar-refractivity contribution >= 4 is 17.9 Å². The van der Waals surface area contributed by atoms with Gasteiger partial charge in [0.15, 0.2) is 6.10 Å². The van der Waals surface area contributed by atoms with E-state index in [1.54, 1.807) is 0 Å². The van der Waals surface area contributed by atoms with Crippen LogP contribution in [0.15, 0.2) is 72.9 Å². The van der Waals surface area contributed by atoms with Crippen molar-refractivity contribution in [2.45, 2.75) is 207 Å². The van der Waals surface area contributed by atoms with Gasteiger partial charge < -0.3 is 14.2 Å². The van der Waals surface area contributed by atoms with Crippen molar-refractivity contribution in [1.29, 1.82) is 0 Å². The number of ether oxygens (including phenoxy) is 3. The average molecular weight is 767 g/mol. The molecule has 0 radical (unpaired) electrons. The number of esters is 3. The largest absolute Gasteiger partial charge is 0.462 e. The molecule has 6 nitrogen and oxygen atoms in total. The second-order valence-electron chi connectivity index (χ2n) is 14.7. The van der Waals surface area contributed by atoms with Crippen LogP contribution in [0.2, 0.25) is 0 Å². The fourth-order valence-electron chi connectivity index (χ4n) is 5.93. The van der Waals surface area contributed by atoms with Crippen LogP contribution in [0, 0.1) is 0 Å². The van der Waals surface area contributed by atoms with Crippen molar-refractivity contribution in [3.8, 4) is 0 Å². The van der Waals surface area contributed by atoms with Crippen LogP contribution < -0.4 is 0 Å². The van der Waals surface area contributed by atoms with E-state index >= 15 is 0 Å². The van der Waals surface area contributed by atoms with Crippen molar-refractivity contribution in [2.24, 2.45) is 0 Å². The molecule has 6 heteroatoms. The number of carbonyl (C=O) groups excluding carboxylic acids is 3. The van der Waals surface area contributed by atoms with Gasteiger partial charge in [0.2, 0.25) is 0 Å². The third-order valence-corrected chi connectivity index (χ3v) is 9.32. The number of rotatable bonds is 39. The molecule has 0 aliphatic carbocycles. The van der Waals surface area contributed by atoms with Gasteiger partial charge in [0, 0.05) is 19.3 Å². The molecule has 0 aliphatic heterocycles. The fourth-order valence-corrected chi connectivity index (χ4v) is 5.93. The minimum Gasteiger partial charge on any atom is -0.462 e. The van der Waals surface area contributed by atoms with Crippen molar-refractivity contribution in [3.63, 3.8) is 0 Å². The Morgan fingerprint density at radius 2 is 0.727 bits per heavy atom. The monoisotopic (exact) mass is 767 g/mol. The van der Waals surface area contributed by atoms with Crippen molar-refractivity contribution < 1.29 is 28.6 Å². The van der Waals surface area contributed by atoms with Crippen molar-refractivity contribution in [3.05, 3.63) is 72.9 Å². The molecule has 0 saturated carbocycles. The second kappa shape index (κ2) is 43.6. The maximum absolute atomic E-state index is 12.7. The maximum atomic E-state index is 12.7. The first kappa shape index (κ1) is 51.9. The van der Waals surface area contributed by atoms with E-state index in [-0.39, 0.29) is 31.1 Å². The number of hydrogen-bond acceptors (Lipinski definition) is 6. The van der Waals surface area contributed by atoms with Crippen LogP contribution in [0.5, 0.6) is 0 Å². The molecule has 1 atom stereocenters. The summed E-state index contributed by atoms with van der Waals surface area (Å²) in [4.78, 5) is 37.7. The van der Waals surface area contributed by atoms with E-state index in [0.717, 1.165) is 83.5 Å². The first-order chi connectivity index (χ1) is 27.0. The zero-order valence-corrected chi connectivity index (χ0v) is 35.7. The Balaban J connectivity index is 4.48. The molecule has 0 amide bonds. The minimum atomic E-state index is -0.796. The molecule has 0 fully saturated rings. The number of unbranched alkanes of at least 4 members (excludes halogenated alkanes) is 20. The van der Waals surface area contributed by atoms with E-state index in [1.807, 2.05) is 48.6 Å². The zero-order valence-electron chi connectivity index (χ0n) is 35.7. The van der Waals surface area contributed by atoms with Gasteiger partial charge in [-0.25, -0.2) is 0 Å². The van der Waals surface area contributed by atoms with E-state index < -0.39 is 6.10 Å². The summed E-state index contributed by atoms with van der Waals surface area (Å²) in [6, 6.07) is 0. The molecule has 1 unspecified atom stereocenters. The molecule has 0 bridgehead atoms. The standard InChI is InChI=1S/C49H82O6/c1-4-7-10-13-16-19-21-23-24-26-27-30-33-36-39-42-48(51)54-45-46(44-53-47(50)41-38-35-32-29-18-15-12-9-6-3)55-49(52)43-40-37-34-31-28-25-22-20-17-14-11-8-5-2/h7,10,13,16,19,21,23-28,46H,4-6,8-9,11-12,14-15,17-18,20,22,29-45H2,1-3H3/b10-7-,16-13-,21-19-,24-23-,27-26-,28-25-.